The fourth-order valence-electron chi connectivity index (χ4n) is 7.46. The first-order chi connectivity index (χ1) is 23.4. The second-order valence-electron chi connectivity index (χ2n) is 16.9. The summed E-state index contributed by atoms with van der Waals surface area (Å²) < 4.78 is 0. The smallest absolute Gasteiger partial charge is 0.315 e. The SMILES string of the molecule is C=CCNC(=O)C(=O)C(CCCC)NC(=O)C1CCCN1C(=O)C(NC(=O)NC(CN1CCC(C)(C)CC1=O)C(C)(C)C)C1(C)CCCCC1. The summed E-state index contributed by atoms with van der Waals surface area (Å²) in [5.74, 6) is -2.22. The number of unbranched alkanes of at least 4 members (excludes halogenated alkanes) is 1. The number of hydrogen-bond donors (Lipinski definition) is 4. The van der Waals surface area contributed by atoms with Gasteiger partial charge in [-0.05, 0) is 54.8 Å². The number of ketones is 1. The fraction of sp³-hybridized carbons (Fsp3) is 0.789. The van der Waals surface area contributed by atoms with E-state index in [1.54, 1.807) is 4.90 Å². The van der Waals surface area contributed by atoms with E-state index in [1.807, 2.05) is 39.5 Å². The Balaban J connectivity index is 1.80. The largest absolute Gasteiger partial charge is 0.346 e. The van der Waals surface area contributed by atoms with E-state index < -0.39 is 47.2 Å². The maximum absolute atomic E-state index is 14.5. The van der Waals surface area contributed by atoms with Crippen LogP contribution in [0.25, 0.3) is 0 Å². The normalized spacial score (nSPS) is 22.1. The van der Waals surface area contributed by atoms with Crippen LogP contribution in [0.3, 0.4) is 0 Å². The van der Waals surface area contributed by atoms with Gasteiger partial charge in [0.1, 0.15) is 12.1 Å². The summed E-state index contributed by atoms with van der Waals surface area (Å²) in [5, 5.41) is 11.5. The van der Waals surface area contributed by atoms with E-state index in [4.69, 9.17) is 0 Å². The van der Waals surface area contributed by atoms with Crippen LogP contribution in [0.1, 0.15) is 126 Å². The molecule has 0 aromatic rings. The van der Waals surface area contributed by atoms with Gasteiger partial charge in [0.15, 0.2) is 0 Å². The maximum atomic E-state index is 14.5. The van der Waals surface area contributed by atoms with Gasteiger partial charge in [-0.2, -0.15) is 0 Å². The summed E-state index contributed by atoms with van der Waals surface area (Å²) >= 11 is 0. The number of piperidine rings is 1. The monoisotopic (exact) mass is 700 g/mol. The zero-order valence-corrected chi connectivity index (χ0v) is 31.8. The molecule has 2 saturated heterocycles. The van der Waals surface area contributed by atoms with Gasteiger partial charge in [-0.1, -0.05) is 86.6 Å². The topological polar surface area (TPSA) is 157 Å². The molecule has 0 bridgehead atoms. The third-order valence-electron chi connectivity index (χ3n) is 11.0. The van der Waals surface area contributed by atoms with Crippen molar-refractivity contribution in [3.63, 3.8) is 0 Å². The molecule has 0 spiro atoms. The second kappa shape index (κ2) is 17.7. The number of amides is 6. The number of carbonyl (C=O) groups excluding carboxylic acids is 6. The minimum atomic E-state index is -1.01. The van der Waals surface area contributed by atoms with Crippen molar-refractivity contribution in [3.05, 3.63) is 12.7 Å². The van der Waals surface area contributed by atoms with Crippen LogP contribution in [0.2, 0.25) is 0 Å². The third kappa shape index (κ3) is 11.0. The van der Waals surface area contributed by atoms with Crippen molar-refractivity contribution in [1.82, 2.24) is 31.1 Å². The Hall–Kier alpha value is -3.44. The van der Waals surface area contributed by atoms with Gasteiger partial charge in [-0.3, -0.25) is 24.0 Å². The third-order valence-corrected chi connectivity index (χ3v) is 11.0. The number of nitrogens with one attached hydrogen (secondary N) is 4. The summed E-state index contributed by atoms with van der Waals surface area (Å²) in [4.78, 5) is 84.0. The average molecular weight is 701 g/mol. The maximum Gasteiger partial charge on any atom is 0.315 e. The van der Waals surface area contributed by atoms with E-state index in [0.717, 1.165) is 44.9 Å². The molecule has 4 unspecified atom stereocenters. The van der Waals surface area contributed by atoms with Crippen LogP contribution in [0.4, 0.5) is 4.79 Å². The molecular formula is C38H64N6O6. The molecule has 6 amide bonds. The van der Waals surface area contributed by atoms with E-state index in [-0.39, 0.29) is 35.2 Å². The van der Waals surface area contributed by atoms with Crippen molar-refractivity contribution in [2.75, 3.05) is 26.2 Å². The fourth-order valence-corrected chi connectivity index (χ4v) is 7.46. The molecule has 282 valence electrons. The van der Waals surface area contributed by atoms with E-state index >= 15 is 0 Å². The molecule has 12 heteroatoms. The van der Waals surface area contributed by atoms with Gasteiger partial charge in [0, 0.05) is 32.6 Å². The lowest BCUT2D eigenvalue weighted by Gasteiger charge is -2.43. The predicted molar refractivity (Wildman–Crippen MR) is 194 cm³/mol. The van der Waals surface area contributed by atoms with Gasteiger partial charge in [0.25, 0.3) is 5.91 Å². The van der Waals surface area contributed by atoms with Crippen LogP contribution in [-0.4, -0.2) is 95.6 Å². The number of Topliss-reactive ketones (excluding diaryl/α,β-unsaturated/α-hetero) is 1. The Labute approximate surface area is 299 Å². The van der Waals surface area contributed by atoms with Gasteiger partial charge in [-0.25, -0.2) is 4.79 Å². The molecule has 12 nitrogen and oxygen atoms in total. The van der Waals surface area contributed by atoms with Gasteiger partial charge in [-0.15, -0.1) is 6.58 Å². The molecule has 3 rings (SSSR count). The zero-order chi connectivity index (χ0) is 37.3. The van der Waals surface area contributed by atoms with Crippen LogP contribution >= 0.6 is 0 Å². The van der Waals surface area contributed by atoms with Crippen molar-refractivity contribution in [2.45, 2.75) is 150 Å². The van der Waals surface area contributed by atoms with Gasteiger partial charge >= 0.3 is 6.03 Å². The molecule has 0 aromatic heterocycles. The molecule has 1 saturated carbocycles. The molecule has 2 heterocycles. The van der Waals surface area contributed by atoms with Crippen LogP contribution in [0.5, 0.6) is 0 Å². The Morgan fingerprint density at radius 3 is 2.24 bits per heavy atom. The molecule has 4 atom stereocenters. The Morgan fingerprint density at radius 2 is 1.64 bits per heavy atom. The summed E-state index contributed by atoms with van der Waals surface area (Å²) in [5.41, 5.74) is -0.939. The van der Waals surface area contributed by atoms with Crippen LogP contribution in [-0.2, 0) is 24.0 Å². The summed E-state index contributed by atoms with van der Waals surface area (Å²) in [6.07, 6.45) is 9.98. The van der Waals surface area contributed by atoms with Crippen LogP contribution in [0, 0.1) is 16.2 Å². The van der Waals surface area contributed by atoms with Gasteiger partial charge < -0.3 is 31.1 Å². The van der Waals surface area contributed by atoms with E-state index in [1.165, 1.54) is 6.08 Å². The summed E-state index contributed by atoms with van der Waals surface area (Å²) in [6.45, 7) is 19.3. The van der Waals surface area contributed by atoms with Crippen molar-refractivity contribution in [3.8, 4) is 0 Å². The minimum absolute atomic E-state index is 0.0467. The van der Waals surface area contributed by atoms with Crippen LogP contribution in [0.15, 0.2) is 12.7 Å². The Kier molecular flexibility index (Phi) is 14.5. The molecule has 3 aliphatic rings. The van der Waals surface area contributed by atoms with Gasteiger partial charge in [0.2, 0.25) is 23.5 Å². The summed E-state index contributed by atoms with van der Waals surface area (Å²) in [7, 11) is 0. The molecule has 50 heavy (non-hydrogen) atoms. The number of urea groups is 1. The minimum Gasteiger partial charge on any atom is -0.346 e. The van der Waals surface area contributed by atoms with Crippen molar-refractivity contribution in [1.29, 1.82) is 0 Å². The number of carbonyl (C=O) groups is 6. The second-order valence-corrected chi connectivity index (χ2v) is 16.9. The highest BCUT2D eigenvalue weighted by Crippen LogP contribution is 2.40. The van der Waals surface area contributed by atoms with Gasteiger partial charge in [0.05, 0.1) is 12.1 Å². The number of nitrogens with zero attached hydrogens (tertiary/aromatic N) is 2. The zero-order valence-electron chi connectivity index (χ0n) is 31.8. The van der Waals surface area contributed by atoms with Crippen molar-refractivity contribution < 1.29 is 28.8 Å². The lowest BCUT2D eigenvalue weighted by atomic mass is 9.70. The standard InChI is InChI=1S/C38H64N6O6/c1-9-11-16-26(30(46)33(48)39-21-10-2)40-32(47)27-17-15-22-44(27)34(49)31(38(8)18-13-12-14-19-38)42-35(50)41-28(36(3,4)5)25-43-23-20-37(6,7)24-29(43)45/h10,26-28,31H,2,9,11-25H2,1,3-8H3,(H,39,48)(H,40,47)(H2,41,42,50). The van der Waals surface area contributed by atoms with E-state index in [0.29, 0.717) is 51.7 Å². The molecule has 0 radical (unpaired) electrons. The highest BCUT2D eigenvalue weighted by Gasteiger charge is 2.47. The molecule has 4 N–H and O–H groups in total. The first-order valence-electron chi connectivity index (χ1n) is 18.8. The van der Waals surface area contributed by atoms with E-state index in [9.17, 15) is 28.8 Å². The highest BCUT2D eigenvalue weighted by atomic mass is 16.2. The Morgan fingerprint density at radius 1 is 0.960 bits per heavy atom. The van der Waals surface area contributed by atoms with E-state index in [2.05, 4.69) is 41.7 Å². The van der Waals surface area contributed by atoms with Crippen LogP contribution < -0.4 is 21.3 Å². The number of likely N-dealkylation sites (tertiary alicyclic amines) is 2. The number of rotatable bonds is 15. The van der Waals surface area contributed by atoms with Crippen molar-refractivity contribution in [2.24, 2.45) is 16.2 Å². The highest BCUT2D eigenvalue weighted by molar-refractivity contribution is 6.38. The Bertz CT molecular complexity index is 1250. The molecular weight excluding hydrogens is 636 g/mol. The molecule has 0 aromatic carbocycles. The number of hydrogen-bond acceptors (Lipinski definition) is 6. The summed E-state index contributed by atoms with van der Waals surface area (Å²) in [6, 6.07) is -3.55. The average Bonchev–Trinajstić information content (AvgIpc) is 3.54. The predicted octanol–water partition coefficient (Wildman–Crippen LogP) is 4.23. The lowest BCUT2D eigenvalue weighted by Crippen LogP contribution is -2.63. The molecule has 2 aliphatic heterocycles. The molecule has 3 fully saturated rings. The van der Waals surface area contributed by atoms with Crippen molar-refractivity contribution >= 4 is 35.4 Å². The first kappa shape index (κ1) is 41.0. The molecule has 1 aliphatic carbocycles. The first-order valence-corrected chi connectivity index (χ1v) is 18.8. The lowest BCUT2D eigenvalue weighted by molar-refractivity contribution is -0.144. The quantitative estimate of drug-likeness (QED) is 0.148.